The molecule has 0 heterocycles. The normalized spacial score (nSPS) is 17.6. The molecular formula is C13H17NO2. The molecule has 0 aromatic heterocycles. The monoisotopic (exact) mass is 219 g/mol. The fourth-order valence-corrected chi connectivity index (χ4v) is 2.03. The zero-order valence-electron chi connectivity index (χ0n) is 9.53. The lowest BCUT2D eigenvalue weighted by atomic mass is 9.74. The smallest absolute Gasteiger partial charge is 0.164 e. The van der Waals surface area contributed by atoms with Crippen molar-refractivity contribution in [3.8, 4) is 5.75 Å². The molecule has 0 radical (unpaired) electrons. The number of benzene rings is 1. The Morgan fingerprint density at radius 2 is 2.25 bits per heavy atom. The van der Waals surface area contributed by atoms with Crippen LogP contribution in [-0.2, 0) is 0 Å². The summed E-state index contributed by atoms with van der Waals surface area (Å²) in [5.41, 5.74) is 6.50. The lowest BCUT2D eigenvalue weighted by Gasteiger charge is -2.37. The number of Topliss-reactive ketones (excluding diaryl/α,β-unsaturated/α-hetero) is 1. The molecular weight excluding hydrogens is 202 g/mol. The minimum atomic E-state index is -0.250. The van der Waals surface area contributed by atoms with Gasteiger partial charge in [-0.25, -0.2) is 0 Å². The number of rotatable bonds is 4. The SMILES string of the molecule is COc1cccc(C(=O)CC2(N)CCC2)c1. The zero-order valence-corrected chi connectivity index (χ0v) is 9.53. The van der Waals surface area contributed by atoms with Crippen LogP contribution >= 0.6 is 0 Å². The molecule has 1 saturated carbocycles. The number of ether oxygens (including phenoxy) is 1. The van der Waals surface area contributed by atoms with E-state index in [0.29, 0.717) is 17.7 Å². The minimum Gasteiger partial charge on any atom is -0.497 e. The van der Waals surface area contributed by atoms with Gasteiger partial charge in [-0.1, -0.05) is 12.1 Å². The van der Waals surface area contributed by atoms with Gasteiger partial charge in [-0.3, -0.25) is 4.79 Å². The molecule has 0 saturated heterocycles. The third-order valence-electron chi connectivity index (χ3n) is 3.25. The standard InChI is InChI=1S/C13H17NO2/c1-16-11-5-2-4-10(8-11)12(15)9-13(14)6-3-7-13/h2,4-5,8H,3,6-7,9,14H2,1H3. The Kier molecular flexibility index (Phi) is 2.97. The summed E-state index contributed by atoms with van der Waals surface area (Å²) in [6, 6.07) is 7.24. The maximum atomic E-state index is 12.0. The van der Waals surface area contributed by atoms with Gasteiger partial charge < -0.3 is 10.5 Å². The van der Waals surface area contributed by atoms with Crippen molar-refractivity contribution in [2.75, 3.05) is 7.11 Å². The molecule has 3 nitrogen and oxygen atoms in total. The second kappa shape index (κ2) is 4.26. The summed E-state index contributed by atoms with van der Waals surface area (Å²) in [4.78, 5) is 12.0. The van der Waals surface area contributed by atoms with E-state index in [4.69, 9.17) is 10.5 Å². The molecule has 16 heavy (non-hydrogen) atoms. The highest BCUT2D eigenvalue weighted by Crippen LogP contribution is 2.33. The van der Waals surface area contributed by atoms with Gasteiger partial charge in [0.1, 0.15) is 5.75 Å². The maximum absolute atomic E-state index is 12.0. The van der Waals surface area contributed by atoms with Crippen LogP contribution < -0.4 is 10.5 Å². The zero-order chi connectivity index (χ0) is 11.6. The predicted molar refractivity (Wildman–Crippen MR) is 62.7 cm³/mol. The fourth-order valence-electron chi connectivity index (χ4n) is 2.03. The van der Waals surface area contributed by atoms with Crippen LogP contribution in [0.15, 0.2) is 24.3 Å². The molecule has 0 spiro atoms. The van der Waals surface area contributed by atoms with E-state index >= 15 is 0 Å². The number of hydrogen-bond acceptors (Lipinski definition) is 3. The lowest BCUT2D eigenvalue weighted by molar-refractivity contribution is 0.0912. The third-order valence-corrected chi connectivity index (χ3v) is 3.25. The Morgan fingerprint density at radius 3 is 2.81 bits per heavy atom. The van der Waals surface area contributed by atoms with E-state index in [1.807, 2.05) is 18.2 Å². The molecule has 1 aliphatic carbocycles. The first kappa shape index (κ1) is 11.1. The van der Waals surface area contributed by atoms with Crippen molar-refractivity contribution in [3.05, 3.63) is 29.8 Å². The van der Waals surface area contributed by atoms with Gasteiger partial charge in [0.2, 0.25) is 0 Å². The molecule has 2 N–H and O–H groups in total. The first-order chi connectivity index (χ1) is 7.63. The Morgan fingerprint density at radius 1 is 1.50 bits per heavy atom. The molecule has 0 bridgehead atoms. The van der Waals surface area contributed by atoms with Crippen molar-refractivity contribution in [1.29, 1.82) is 0 Å². The Balaban J connectivity index is 2.08. The second-order valence-corrected chi connectivity index (χ2v) is 4.55. The highest BCUT2D eigenvalue weighted by molar-refractivity contribution is 5.97. The van der Waals surface area contributed by atoms with Crippen LogP contribution in [0.1, 0.15) is 36.0 Å². The Hall–Kier alpha value is -1.35. The second-order valence-electron chi connectivity index (χ2n) is 4.55. The first-order valence-corrected chi connectivity index (χ1v) is 5.59. The van der Waals surface area contributed by atoms with Gasteiger partial charge in [0.05, 0.1) is 7.11 Å². The van der Waals surface area contributed by atoms with E-state index in [-0.39, 0.29) is 11.3 Å². The summed E-state index contributed by atoms with van der Waals surface area (Å²) in [6.07, 6.45) is 3.51. The summed E-state index contributed by atoms with van der Waals surface area (Å²) >= 11 is 0. The summed E-state index contributed by atoms with van der Waals surface area (Å²) < 4.78 is 5.09. The first-order valence-electron chi connectivity index (χ1n) is 5.59. The van der Waals surface area contributed by atoms with Crippen molar-refractivity contribution >= 4 is 5.78 Å². The van der Waals surface area contributed by atoms with Crippen LogP contribution in [0.4, 0.5) is 0 Å². The molecule has 1 aromatic rings. The van der Waals surface area contributed by atoms with Crippen LogP contribution in [0.3, 0.4) is 0 Å². The van der Waals surface area contributed by atoms with Gasteiger partial charge in [0.15, 0.2) is 5.78 Å². The highest BCUT2D eigenvalue weighted by atomic mass is 16.5. The average Bonchev–Trinajstić information content (AvgIpc) is 2.27. The van der Waals surface area contributed by atoms with E-state index in [1.165, 1.54) is 0 Å². The lowest BCUT2D eigenvalue weighted by Crippen LogP contribution is -2.48. The summed E-state index contributed by atoms with van der Waals surface area (Å²) in [6.45, 7) is 0. The van der Waals surface area contributed by atoms with Crippen LogP contribution in [0.2, 0.25) is 0 Å². The summed E-state index contributed by atoms with van der Waals surface area (Å²) in [7, 11) is 1.60. The van der Waals surface area contributed by atoms with Crippen LogP contribution in [-0.4, -0.2) is 18.4 Å². The number of hydrogen-bond donors (Lipinski definition) is 1. The molecule has 0 atom stereocenters. The highest BCUT2D eigenvalue weighted by Gasteiger charge is 2.34. The third kappa shape index (κ3) is 2.25. The Bertz CT molecular complexity index is 397. The van der Waals surface area contributed by atoms with E-state index in [2.05, 4.69) is 0 Å². The van der Waals surface area contributed by atoms with Gasteiger partial charge in [0.25, 0.3) is 0 Å². The van der Waals surface area contributed by atoms with Crippen molar-refractivity contribution < 1.29 is 9.53 Å². The molecule has 86 valence electrons. The molecule has 0 amide bonds. The molecule has 3 heteroatoms. The van der Waals surface area contributed by atoms with Gasteiger partial charge in [-0.05, 0) is 31.4 Å². The number of methoxy groups -OCH3 is 1. The molecule has 1 aliphatic rings. The largest absolute Gasteiger partial charge is 0.497 e. The number of carbonyl (C=O) groups excluding carboxylic acids is 1. The maximum Gasteiger partial charge on any atom is 0.164 e. The van der Waals surface area contributed by atoms with Crippen molar-refractivity contribution in [1.82, 2.24) is 0 Å². The number of ketones is 1. The van der Waals surface area contributed by atoms with Gasteiger partial charge in [-0.2, -0.15) is 0 Å². The fraction of sp³-hybridized carbons (Fsp3) is 0.462. The van der Waals surface area contributed by atoms with E-state index in [9.17, 15) is 4.79 Å². The van der Waals surface area contributed by atoms with Crippen LogP contribution in [0, 0.1) is 0 Å². The topological polar surface area (TPSA) is 52.3 Å². The minimum absolute atomic E-state index is 0.112. The van der Waals surface area contributed by atoms with Crippen LogP contribution in [0.5, 0.6) is 5.75 Å². The van der Waals surface area contributed by atoms with Crippen molar-refractivity contribution in [2.24, 2.45) is 5.73 Å². The van der Waals surface area contributed by atoms with Crippen molar-refractivity contribution in [3.63, 3.8) is 0 Å². The average molecular weight is 219 g/mol. The molecule has 1 aromatic carbocycles. The molecule has 0 aliphatic heterocycles. The number of nitrogens with two attached hydrogens (primary N) is 1. The van der Waals surface area contributed by atoms with Crippen LogP contribution in [0.25, 0.3) is 0 Å². The molecule has 0 unspecified atom stereocenters. The quantitative estimate of drug-likeness (QED) is 0.789. The molecule has 2 rings (SSSR count). The van der Waals surface area contributed by atoms with Crippen molar-refractivity contribution in [2.45, 2.75) is 31.2 Å². The van der Waals surface area contributed by atoms with Gasteiger partial charge in [0, 0.05) is 17.5 Å². The summed E-state index contributed by atoms with van der Waals surface area (Å²) in [5.74, 6) is 0.826. The summed E-state index contributed by atoms with van der Waals surface area (Å²) in [5, 5.41) is 0. The van der Waals surface area contributed by atoms with E-state index in [0.717, 1.165) is 19.3 Å². The van der Waals surface area contributed by atoms with E-state index in [1.54, 1.807) is 13.2 Å². The van der Waals surface area contributed by atoms with Gasteiger partial charge in [-0.15, -0.1) is 0 Å². The predicted octanol–water partition coefficient (Wildman–Crippen LogP) is 2.15. The number of carbonyl (C=O) groups is 1. The van der Waals surface area contributed by atoms with Gasteiger partial charge >= 0.3 is 0 Å². The molecule has 1 fully saturated rings. The Labute approximate surface area is 95.6 Å². The van der Waals surface area contributed by atoms with E-state index < -0.39 is 0 Å².